The molecule has 0 bridgehead atoms. The average Bonchev–Trinajstić information content (AvgIpc) is 2.53. The summed E-state index contributed by atoms with van der Waals surface area (Å²) >= 11 is 4.02. The molecular formula is C15H12I2O4S2. The fourth-order valence-electron chi connectivity index (χ4n) is 1.96. The third-order valence-corrected chi connectivity index (χ3v) is 4.50. The van der Waals surface area contributed by atoms with Crippen LogP contribution in [0.15, 0.2) is 36.4 Å². The Morgan fingerprint density at radius 2 is 1.83 bits per heavy atom. The summed E-state index contributed by atoms with van der Waals surface area (Å²) < 4.78 is 16.7. The van der Waals surface area contributed by atoms with Gasteiger partial charge >= 0.3 is 0 Å². The first kappa shape index (κ1) is 19.0. The summed E-state index contributed by atoms with van der Waals surface area (Å²) in [5.41, 5.74) is 2.56. The van der Waals surface area contributed by atoms with Gasteiger partial charge in [0.2, 0.25) is 0 Å². The summed E-state index contributed by atoms with van der Waals surface area (Å²) in [5.74, 6) is 1.42. The standard InChI is InChI=1S/C15H12I2O4S2/c1-10-3-2-4-11(5-10)9-19-14-6-12(20-22-16)7-15(21-23-17)13(14)8-18/h2-8H,9H2,1H3. The van der Waals surface area contributed by atoms with Gasteiger partial charge in [0.05, 0.1) is 0 Å². The Hall–Kier alpha value is -0.330. The first-order valence-electron chi connectivity index (χ1n) is 6.40. The van der Waals surface area contributed by atoms with Crippen LogP contribution in [0.3, 0.4) is 0 Å². The zero-order valence-corrected chi connectivity index (χ0v) is 17.9. The minimum absolute atomic E-state index is 0.361. The molecule has 122 valence electrons. The van der Waals surface area contributed by atoms with Gasteiger partial charge < -0.3 is 13.1 Å². The first-order chi connectivity index (χ1) is 11.2. The Kier molecular flexibility index (Phi) is 8.13. The quantitative estimate of drug-likeness (QED) is 0.215. The van der Waals surface area contributed by atoms with Gasteiger partial charge in [0, 0.05) is 54.5 Å². The van der Waals surface area contributed by atoms with E-state index in [4.69, 9.17) is 13.1 Å². The molecule has 0 aromatic heterocycles. The van der Waals surface area contributed by atoms with Crippen molar-refractivity contribution < 1.29 is 17.9 Å². The zero-order chi connectivity index (χ0) is 16.7. The summed E-state index contributed by atoms with van der Waals surface area (Å²) in [6, 6.07) is 11.4. The Labute approximate surface area is 167 Å². The molecule has 0 spiro atoms. The maximum absolute atomic E-state index is 11.4. The van der Waals surface area contributed by atoms with Crippen LogP contribution in [0.25, 0.3) is 0 Å². The fourth-order valence-corrected chi connectivity index (χ4v) is 3.54. The lowest BCUT2D eigenvalue weighted by Crippen LogP contribution is -2.00. The molecule has 0 saturated heterocycles. The number of carbonyl (C=O) groups excluding carboxylic acids is 1. The maximum atomic E-state index is 11.4. The highest BCUT2D eigenvalue weighted by Gasteiger charge is 2.15. The highest BCUT2D eigenvalue weighted by molar-refractivity contribution is 14.2. The van der Waals surface area contributed by atoms with Crippen LogP contribution in [0.5, 0.6) is 17.2 Å². The van der Waals surface area contributed by atoms with Crippen LogP contribution >= 0.6 is 60.8 Å². The highest BCUT2D eigenvalue weighted by atomic mass is 127. The normalized spacial score (nSPS) is 10.2. The van der Waals surface area contributed by atoms with Crippen molar-refractivity contribution in [2.45, 2.75) is 13.5 Å². The van der Waals surface area contributed by atoms with Gasteiger partial charge in [0.15, 0.2) is 12.0 Å². The molecule has 0 aliphatic carbocycles. The van der Waals surface area contributed by atoms with Crippen LogP contribution in [0.4, 0.5) is 0 Å². The molecular weight excluding hydrogens is 562 g/mol. The average molecular weight is 574 g/mol. The van der Waals surface area contributed by atoms with Crippen LogP contribution in [0.2, 0.25) is 0 Å². The van der Waals surface area contributed by atoms with Crippen LogP contribution < -0.4 is 13.1 Å². The van der Waals surface area contributed by atoms with Crippen LogP contribution in [-0.4, -0.2) is 6.29 Å². The summed E-state index contributed by atoms with van der Waals surface area (Å²) in [6.45, 7) is 2.39. The summed E-state index contributed by atoms with van der Waals surface area (Å²) in [5, 5.41) is 0. The van der Waals surface area contributed by atoms with Crippen molar-refractivity contribution in [2.24, 2.45) is 0 Å². The first-order valence-corrected chi connectivity index (χ1v) is 13.0. The Balaban J connectivity index is 2.28. The second-order valence-electron chi connectivity index (χ2n) is 4.52. The smallest absolute Gasteiger partial charge is 0.157 e. The van der Waals surface area contributed by atoms with Crippen LogP contribution in [0.1, 0.15) is 21.5 Å². The number of aldehydes is 1. The van der Waals surface area contributed by atoms with E-state index in [-0.39, 0.29) is 0 Å². The van der Waals surface area contributed by atoms with E-state index in [1.165, 1.54) is 9.21 Å². The monoisotopic (exact) mass is 574 g/mol. The molecule has 2 aromatic rings. The van der Waals surface area contributed by atoms with Crippen LogP contribution in [0, 0.1) is 6.92 Å². The molecule has 0 aliphatic rings. The van der Waals surface area contributed by atoms with E-state index >= 15 is 0 Å². The topological polar surface area (TPSA) is 44.8 Å². The van der Waals surface area contributed by atoms with Crippen LogP contribution in [-0.2, 0) is 6.61 Å². The number of halogens is 2. The Bertz CT molecular complexity index is 683. The predicted octanol–water partition coefficient (Wildman–Crippen LogP) is 6.14. The maximum Gasteiger partial charge on any atom is 0.157 e. The van der Waals surface area contributed by atoms with Crippen molar-refractivity contribution in [1.29, 1.82) is 0 Å². The van der Waals surface area contributed by atoms with E-state index in [1.807, 2.05) is 73.6 Å². The third-order valence-electron chi connectivity index (χ3n) is 2.92. The molecule has 8 heteroatoms. The van der Waals surface area contributed by atoms with Crippen molar-refractivity contribution in [3.63, 3.8) is 0 Å². The summed E-state index contributed by atoms with van der Waals surface area (Å²) in [6.07, 6.45) is 0.731. The molecule has 0 atom stereocenters. The molecule has 0 radical (unpaired) electrons. The van der Waals surface area contributed by atoms with E-state index < -0.39 is 0 Å². The number of benzene rings is 2. The molecule has 0 aliphatic heterocycles. The lowest BCUT2D eigenvalue weighted by Gasteiger charge is -2.13. The van der Waals surface area contributed by atoms with Gasteiger partial charge in [-0.25, -0.2) is 0 Å². The second-order valence-corrected chi connectivity index (χ2v) is 7.26. The highest BCUT2D eigenvalue weighted by Crippen LogP contribution is 2.37. The number of ether oxygens (including phenoxy) is 1. The lowest BCUT2D eigenvalue weighted by molar-refractivity contribution is 0.111. The van der Waals surface area contributed by atoms with Gasteiger partial charge in [0.25, 0.3) is 0 Å². The number of carbonyl (C=O) groups is 1. The lowest BCUT2D eigenvalue weighted by atomic mass is 10.1. The van der Waals surface area contributed by atoms with Crippen molar-refractivity contribution in [3.8, 4) is 17.2 Å². The Morgan fingerprint density at radius 3 is 2.48 bits per heavy atom. The van der Waals surface area contributed by atoms with Crippen molar-refractivity contribution >= 4 is 67.1 Å². The second kappa shape index (κ2) is 9.84. The molecule has 2 rings (SSSR count). The van der Waals surface area contributed by atoms with Crippen molar-refractivity contribution in [3.05, 3.63) is 53.1 Å². The van der Waals surface area contributed by atoms with E-state index in [0.717, 1.165) is 26.6 Å². The number of hydrogen-bond acceptors (Lipinski definition) is 6. The fraction of sp³-hybridized carbons (Fsp3) is 0.133. The van der Waals surface area contributed by atoms with E-state index in [9.17, 15) is 4.79 Å². The van der Waals surface area contributed by atoms with Gasteiger partial charge in [-0.2, -0.15) is 0 Å². The minimum atomic E-state index is 0.361. The molecule has 0 heterocycles. The van der Waals surface area contributed by atoms with Gasteiger partial charge in [-0.05, 0) is 12.5 Å². The number of hydrogen-bond donors (Lipinski definition) is 0. The van der Waals surface area contributed by atoms with E-state index in [1.54, 1.807) is 12.1 Å². The minimum Gasteiger partial charge on any atom is -0.488 e. The number of aryl methyl sites for hydroxylation is 1. The molecule has 0 saturated carbocycles. The van der Waals surface area contributed by atoms with Gasteiger partial charge in [-0.3, -0.25) is 4.79 Å². The van der Waals surface area contributed by atoms with Gasteiger partial charge in [-0.1, -0.05) is 29.8 Å². The van der Waals surface area contributed by atoms with Gasteiger partial charge in [0.1, 0.15) is 42.1 Å². The van der Waals surface area contributed by atoms with Crippen molar-refractivity contribution in [1.82, 2.24) is 0 Å². The zero-order valence-electron chi connectivity index (χ0n) is 12.0. The summed E-state index contributed by atoms with van der Waals surface area (Å²) in [7, 11) is 2.31. The van der Waals surface area contributed by atoms with Gasteiger partial charge in [-0.15, -0.1) is 0 Å². The Morgan fingerprint density at radius 1 is 1.09 bits per heavy atom. The molecule has 0 fully saturated rings. The molecule has 0 unspecified atom stereocenters. The molecule has 0 N–H and O–H groups in total. The predicted molar refractivity (Wildman–Crippen MR) is 112 cm³/mol. The number of rotatable bonds is 8. The third kappa shape index (κ3) is 5.61. The SMILES string of the molecule is Cc1cccc(COc2cc(OSI)cc(OSI)c2C=O)c1. The largest absolute Gasteiger partial charge is 0.488 e. The van der Waals surface area contributed by atoms with E-state index in [2.05, 4.69) is 0 Å². The van der Waals surface area contributed by atoms with E-state index in [0.29, 0.717) is 29.4 Å². The molecule has 2 aromatic carbocycles. The van der Waals surface area contributed by atoms with Crippen molar-refractivity contribution in [2.75, 3.05) is 0 Å². The summed E-state index contributed by atoms with van der Waals surface area (Å²) in [4.78, 5) is 11.4. The molecule has 23 heavy (non-hydrogen) atoms. The molecule has 0 amide bonds. The molecule has 4 nitrogen and oxygen atoms in total.